The Morgan fingerprint density at radius 1 is 1.14 bits per heavy atom. The molecule has 0 spiro atoms. The van der Waals surface area contributed by atoms with Gasteiger partial charge in [-0.05, 0) is 18.9 Å². The van der Waals surface area contributed by atoms with Crippen LogP contribution in [0.2, 0.25) is 0 Å². The molecular weight excluding hydrogens is 291 g/mol. The minimum absolute atomic E-state index is 0.0645. The number of likely N-dealkylation sites (tertiary alicyclic amines) is 1. The molecule has 0 unspecified atom stereocenters. The number of rotatable bonds is 2. The third-order valence-electron chi connectivity index (χ3n) is 3.49. The van der Waals surface area contributed by atoms with Crippen LogP contribution >= 0.6 is 0 Å². The van der Waals surface area contributed by atoms with Gasteiger partial charge in [0.05, 0.1) is 11.5 Å². The van der Waals surface area contributed by atoms with Gasteiger partial charge >= 0.3 is 5.97 Å². The summed E-state index contributed by atoms with van der Waals surface area (Å²) < 4.78 is 39.8. The summed E-state index contributed by atoms with van der Waals surface area (Å²) in [4.78, 5) is 24.0. The van der Waals surface area contributed by atoms with Gasteiger partial charge in [0.2, 0.25) is 5.82 Å². The molecule has 1 aliphatic heterocycles. The van der Waals surface area contributed by atoms with E-state index in [1.165, 1.54) is 0 Å². The van der Waals surface area contributed by atoms with Crippen molar-refractivity contribution in [2.24, 2.45) is 5.92 Å². The monoisotopic (exact) mass is 303 g/mol. The Hall–Kier alpha value is -2.25. The van der Waals surface area contributed by atoms with Crippen LogP contribution in [0.1, 0.15) is 23.2 Å². The van der Waals surface area contributed by atoms with Crippen LogP contribution in [0.15, 0.2) is 6.07 Å². The molecule has 5 nitrogen and oxygen atoms in total. The van der Waals surface area contributed by atoms with Crippen molar-refractivity contribution in [3.8, 4) is 5.75 Å². The van der Waals surface area contributed by atoms with Crippen LogP contribution in [0, 0.1) is 23.4 Å². The molecule has 1 fully saturated rings. The molecule has 0 bridgehead atoms. The van der Waals surface area contributed by atoms with Gasteiger partial charge in [0.1, 0.15) is 0 Å². The average Bonchev–Trinajstić information content (AvgIpc) is 2.48. The van der Waals surface area contributed by atoms with Crippen molar-refractivity contribution in [1.29, 1.82) is 0 Å². The van der Waals surface area contributed by atoms with Crippen LogP contribution in [0.3, 0.4) is 0 Å². The molecule has 1 saturated heterocycles. The van der Waals surface area contributed by atoms with E-state index in [0.717, 1.165) is 4.90 Å². The van der Waals surface area contributed by atoms with Gasteiger partial charge in [0, 0.05) is 13.1 Å². The molecule has 1 heterocycles. The molecule has 1 amide bonds. The number of carbonyl (C=O) groups excluding carboxylic acids is 1. The summed E-state index contributed by atoms with van der Waals surface area (Å²) in [6.45, 7) is 0.129. The summed E-state index contributed by atoms with van der Waals surface area (Å²) >= 11 is 0. The molecule has 0 radical (unpaired) electrons. The number of aromatic hydroxyl groups is 1. The number of halogens is 3. The summed E-state index contributed by atoms with van der Waals surface area (Å²) in [5.41, 5.74) is -0.778. The summed E-state index contributed by atoms with van der Waals surface area (Å²) in [5.74, 6) is -8.83. The highest BCUT2D eigenvalue weighted by Crippen LogP contribution is 2.28. The first-order chi connectivity index (χ1) is 9.82. The second-order valence-corrected chi connectivity index (χ2v) is 4.79. The first-order valence-electron chi connectivity index (χ1n) is 6.21. The van der Waals surface area contributed by atoms with E-state index in [9.17, 15) is 22.8 Å². The number of aliphatic carboxylic acids is 1. The SMILES string of the molecule is O=C(O)C1CCN(C(=O)c2cc(F)c(F)c(O)c2F)CC1. The molecule has 2 N–H and O–H groups in total. The highest BCUT2D eigenvalue weighted by Gasteiger charge is 2.30. The van der Waals surface area contributed by atoms with E-state index in [2.05, 4.69) is 0 Å². The zero-order valence-corrected chi connectivity index (χ0v) is 10.8. The van der Waals surface area contributed by atoms with Gasteiger partial charge in [0.25, 0.3) is 5.91 Å². The van der Waals surface area contributed by atoms with Crippen LogP contribution in [0.25, 0.3) is 0 Å². The first kappa shape index (κ1) is 15.1. The normalized spacial score (nSPS) is 16.0. The molecule has 0 aromatic heterocycles. The fraction of sp³-hybridized carbons (Fsp3) is 0.385. The Labute approximate surface area is 117 Å². The largest absolute Gasteiger partial charge is 0.503 e. The number of benzene rings is 1. The molecule has 114 valence electrons. The third kappa shape index (κ3) is 2.79. The minimum atomic E-state index is -1.76. The number of piperidine rings is 1. The molecule has 1 aliphatic rings. The first-order valence-corrected chi connectivity index (χ1v) is 6.21. The van der Waals surface area contributed by atoms with Crippen molar-refractivity contribution >= 4 is 11.9 Å². The Balaban J connectivity index is 2.20. The summed E-state index contributed by atoms with van der Waals surface area (Å²) in [6.07, 6.45) is 0.386. The molecule has 21 heavy (non-hydrogen) atoms. The van der Waals surface area contributed by atoms with E-state index in [1.54, 1.807) is 0 Å². The predicted octanol–water partition coefficient (Wildman–Crippen LogP) is 1.75. The Kier molecular flexibility index (Phi) is 4.06. The molecule has 0 saturated carbocycles. The topological polar surface area (TPSA) is 77.8 Å². The third-order valence-corrected chi connectivity index (χ3v) is 3.49. The number of carboxylic acid groups (broad SMARTS) is 1. The van der Waals surface area contributed by atoms with Crippen molar-refractivity contribution in [1.82, 2.24) is 4.90 Å². The van der Waals surface area contributed by atoms with Crippen LogP contribution in [0.4, 0.5) is 13.2 Å². The number of phenols is 1. The molecular formula is C13H12F3NO4. The molecule has 8 heteroatoms. The second kappa shape index (κ2) is 5.63. The fourth-order valence-electron chi connectivity index (χ4n) is 2.25. The number of phenolic OH excluding ortho intramolecular Hbond substituents is 1. The summed E-state index contributed by atoms with van der Waals surface area (Å²) in [7, 11) is 0. The Bertz CT molecular complexity index is 598. The van der Waals surface area contributed by atoms with E-state index in [0.29, 0.717) is 6.07 Å². The lowest BCUT2D eigenvalue weighted by molar-refractivity contribution is -0.143. The summed E-state index contributed by atoms with van der Waals surface area (Å²) in [6, 6.07) is 0.385. The number of amides is 1. The Morgan fingerprint density at radius 2 is 1.71 bits per heavy atom. The highest BCUT2D eigenvalue weighted by atomic mass is 19.2. The zero-order chi connectivity index (χ0) is 15.7. The van der Waals surface area contributed by atoms with E-state index in [4.69, 9.17) is 10.2 Å². The second-order valence-electron chi connectivity index (χ2n) is 4.79. The molecule has 1 aromatic rings. The number of hydrogen-bond donors (Lipinski definition) is 2. The molecule has 2 rings (SSSR count). The highest BCUT2D eigenvalue weighted by molar-refractivity contribution is 5.95. The standard InChI is InChI=1S/C13H12F3NO4/c14-8-5-7(9(15)11(18)10(8)16)12(19)17-3-1-6(2-4-17)13(20)21/h5-6,18H,1-4H2,(H,20,21). The molecule has 0 aliphatic carbocycles. The summed E-state index contributed by atoms with van der Waals surface area (Å²) in [5, 5.41) is 17.9. The maximum absolute atomic E-state index is 13.7. The van der Waals surface area contributed by atoms with E-state index >= 15 is 0 Å². The smallest absolute Gasteiger partial charge is 0.306 e. The number of hydrogen-bond acceptors (Lipinski definition) is 3. The van der Waals surface area contributed by atoms with Gasteiger partial charge in [-0.15, -0.1) is 0 Å². The van der Waals surface area contributed by atoms with Gasteiger partial charge in [-0.25, -0.2) is 8.78 Å². The van der Waals surface area contributed by atoms with Crippen molar-refractivity contribution in [2.45, 2.75) is 12.8 Å². The van der Waals surface area contributed by atoms with Crippen molar-refractivity contribution in [3.63, 3.8) is 0 Å². The molecule has 0 atom stereocenters. The molecule has 1 aromatic carbocycles. The van der Waals surface area contributed by atoms with E-state index in [-0.39, 0.29) is 25.9 Å². The quantitative estimate of drug-likeness (QED) is 0.816. The van der Waals surface area contributed by atoms with Crippen molar-refractivity contribution in [3.05, 3.63) is 29.1 Å². The van der Waals surface area contributed by atoms with Crippen LogP contribution in [-0.4, -0.2) is 40.1 Å². The average molecular weight is 303 g/mol. The van der Waals surface area contributed by atoms with Gasteiger partial charge in [-0.2, -0.15) is 4.39 Å². The number of carbonyl (C=O) groups is 2. The van der Waals surface area contributed by atoms with Crippen LogP contribution in [-0.2, 0) is 4.79 Å². The van der Waals surface area contributed by atoms with Crippen molar-refractivity contribution in [2.75, 3.05) is 13.1 Å². The maximum atomic E-state index is 13.7. The zero-order valence-electron chi connectivity index (χ0n) is 10.8. The number of nitrogens with zero attached hydrogens (tertiary/aromatic N) is 1. The van der Waals surface area contributed by atoms with Gasteiger partial charge in [0.15, 0.2) is 17.4 Å². The lowest BCUT2D eigenvalue weighted by Crippen LogP contribution is -2.40. The fourth-order valence-corrected chi connectivity index (χ4v) is 2.25. The van der Waals surface area contributed by atoms with Gasteiger partial charge in [-0.1, -0.05) is 0 Å². The maximum Gasteiger partial charge on any atom is 0.306 e. The lowest BCUT2D eigenvalue weighted by Gasteiger charge is -2.30. The number of carboxylic acids is 1. The van der Waals surface area contributed by atoms with Gasteiger partial charge < -0.3 is 15.1 Å². The van der Waals surface area contributed by atoms with Crippen LogP contribution in [0.5, 0.6) is 5.75 Å². The van der Waals surface area contributed by atoms with E-state index < -0.39 is 46.6 Å². The van der Waals surface area contributed by atoms with Crippen molar-refractivity contribution < 1.29 is 33.0 Å². The predicted molar refractivity (Wildman–Crippen MR) is 64.2 cm³/mol. The van der Waals surface area contributed by atoms with Crippen LogP contribution < -0.4 is 0 Å². The lowest BCUT2D eigenvalue weighted by atomic mass is 9.96. The van der Waals surface area contributed by atoms with E-state index in [1.807, 2.05) is 0 Å². The van der Waals surface area contributed by atoms with Gasteiger partial charge in [-0.3, -0.25) is 9.59 Å². The Morgan fingerprint density at radius 3 is 2.24 bits per heavy atom. The minimum Gasteiger partial charge on any atom is -0.503 e.